The first-order chi connectivity index (χ1) is 22.8. The molecule has 0 bridgehead atoms. The lowest BCUT2D eigenvalue weighted by Crippen LogP contribution is -1.98. The Bertz CT molecular complexity index is 2760. The topological polar surface area (TPSA) is 60.4 Å². The molecular formula is C40H26N6. The molecule has 6 heteroatoms. The van der Waals surface area contributed by atoms with Crippen LogP contribution >= 0.6 is 0 Å². The quantitative estimate of drug-likeness (QED) is 0.206. The fourth-order valence-corrected chi connectivity index (χ4v) is 7.07. The largest absolute Gasteiger partial charge is 0.284 e. The number of aromatic nitrogens is 6. The summed E-state index contributed by atoms with van der Waals surface area (Å²) in [7, 11) is 0. The second kappa shape index (κ2) is 9.68. The van der Waals surface area contributed by atoms with E-state index < -0.39 is 0 Å². The van der Waals surface area contributed by atoms with Crippen LogP contribution in [0.5, 0.6) is 0 Å². The Morgan fingerprint density at radius 3 is 1.74 bits per heavy atom. The van der Waals surface area contributed by atoms with Crippen molar-refractivity contribution in [3.8, 4) is 11.3 Å². The zero-order chi connectivity index (χ0) is 30.2. The maximum absolute atomic E-state index is 5.26. The van der Waals surface area contributed by atoms with E-state index in [1.54, 1.807) is 0 Å². The predicted octanol–water partition coefficient (Wildman–Crippen LogP) is 9.31. The van der Waals surface area contributed by atoms with Crippen LogP contribution in [0.25, 0.3) is 77.6 Å². The summed E-state index contributed by atoms with van der Waals surface area (Å²) in [6.07, 6.45) is 10.6. The normalized spacial score (nSPS) is 13.7. The predicted molar refractivity (Wildman–Crippen MR) is 187 cm³/mol. The molecule has 0 atom stereocenters. The number of imidazole rings is 2. The Morgan fingerprint density at radius 1 is 0.500 bits per heavy atom. The molecule has 6 heterocycles. The smallest absolute Gasteiger partial charge is 0.165 e. The van der Waals surface area contributed by atoms with Gasteiger partial charge in [-0.15, -0.1) is 0 Å². The minimum absolute atomic E-state index is 0.873. The van der Waals surface area contributed by atoms with Crippen molar-refractivity contribution in [2.75, 3.05) is 0 Å². The average molecular weight is 591 g/mol. The molecule has 0 aliphatic heterocycles. The Balaban J connectivity index is 1.13. The number of fused-ring (bicyclic) bond motifs is 10. The van der Waals surface area contributed by atoms with Gasteiger partial charge in [0.15, 0.2) is 11.3 Å². The molecule has 0 saturated carbocycles. The van der Waals surface area contributed by atoms with Crippen LogP contribution in [0.3, 0.4) is 0 Å². The molecule has 6 nitrogen and oxygen atoms in total. The van der Waals surface area contributed by atoms with E-state index >= 15 is 0 Å². The van der Waals surface area contributed by atoms with E-state index in [-0.39, 0.29) is 0 Å². The molecule has 9 aromatic rings. The first-order valence-electron chi connectivity index (χ1n) is 15.6. The van der Waals surface area contributed by atoms with Gasteiger partial charge in [-0.05, 0) is 66.0 Å². The molecule has 3 aromatic carbocycles. The van der Waals surface area contributed by atoms with Crippen LogP contribution < -0.4 is 0 Å². The highest BCUT2D eigenvalue weighted by molar-refractivity contribution is 6.10. The molecule has 6 aromatic heterocycles. The van der Waals surface area contributed by atoms with Crippen molar-refractivity contribution < 1.29 is 0 Å². The summed E-state index contributed by atoms with van der Waals surface area (Å²) in [6, 6.07) is 37.9. The van der Waals surface area contributed by atoms with E-state index in [4.69, 9.17) is 19.9 Å². The zero-order valence-electron chi connectivity index (χ0n) is 24.8. The van der Waals surface area contributed by atoms with E-state index in [1.807, 2.05) is 48.8 Å². The summed E-state index contributed by atoms with van der Waals surface area (Å²) in [6.45, 7) is 0. The number of benzene rings is 3. The Labute approximate surface area is 263 Å². The van der Waals surface area contributed by atoms with Gasteiger partial charge in [0.1, 0.15) is 22.3 Å². The van der Waals surface area contributed by atoms with Crippen LogP contribution in [-0.2, 0) is 0 Å². The van der Waals surface area contributed by atoms with Gasteiger partial charge in [-0.2, -0.15) is 0 Å². The van der Waals surface area contributed by atoms with E-state index in [2.05, 4.69) is 93.7 Å². The number of hydrogen-bond donors (Lipinski definition) is 0. The molecule has 1 aliphatic carbocycles. The van der Waals surface area contributed by atoms with Gasteiger partial charge in [0.05, 0.1) is 11.4 Å². The molecule has 46 heavy (non-hydrogen) atoms. The Kier molecular flexibility index (Phi) is 5.31. The van der Waals surface area contributed by atoms with E-state index in [0.29, 0.717) is 0 Å². The number of nitrogens with zero attached hydrogens (tertiary/aromatic N) is 6. The van der Waals surface area contributed by atoms with Gasteiger partial charge >= 0.3 is 0 Å². The Hall–Kier alpha value is -6.14. The molecule has 216 valence electrons. The molecule has 0 saturated heterocycles. The van der Waals surface area contributed by atoms with Gasteiger partial charge in [0.25, 0.3) is 0 Å². The summed E-state index contributed by atoms with van der Waals surface area (Å²) in [5, 5.41) is 4.45. The monoisotopic (exact) mass is 590 g/mol. The zero-order valence-corrected chi connectivity index (χ0v) is 24.8. The van der Waals surface area contributed by atoms with Crippen molar-refractivity contribution in [2.45, 2.75) is 12.8 Å². The molecular weight excluding hydrogens is 564 g/mol. The maximum Gasteiger partial charge on any atom is 0.165 e. The fraction of sp³-hybridized carbons (Fsp3) is 0.0500. The molecule has 1 aliphatic rings. The van der Waals surface area contributed by atoms with Crippen LogP contribution in [0.4, 0.5) is 0 Å². The summed E-state index contributed by atoms with van der Waals surface area (Å²) >= 11 is 0. The third kappa shape index (κ3) is 3.70. The number of hydrogen-bond acceptors (Lipinski definition) is 4. The minimum Gasteiger partial charge on any atom is -0.284 e. The lowest BCUT2D eigenvalue weighted by molar-refractivity contribution is 1.05. The van der Waals surface area contributed by atoms with E-state index in [9.17, 15) is 0 Å². The second-order valence-electron chi connectivity index (χ2n) is 11.9. The molecule has 0 spiro atoms. The fourth-order valence-electron chi connectivity index (χ4n) is 7.07. The van der Waals surface area contributed by atoms with Crippen molar-refractivity contribution in [3.05, 3.63) is 145 Å². The number of allylic oxidation sites excluding steroid dienone is 4. The van der Waals surface area contributed by atoms with Gasteiger partial charge in [0.2, 0.25) is 0 Å². The molecule has 0 N–H and O–H groups in total. The Morgan fingerprint density at radius 2 is 1.07 bits per heavy atom. The van der Waals surface area contributed by atoms with Crippen LogP contribution in [0, 0.1) is 0 Å². The van der Waals surface area contributed by atoms with E-state index in [0.717, 1.165) is 90.5 Å². The third-order valence-corrected chi connectivity index (χ3v) is 9.21. The van der Waals surface area contributed by atoms with Gasteiger partial charge in [0, 0.05) is 39.5 Å². The molecule has 0 amide bonds. The van der Waals surface area contributed by atoms with Crippen molar-refractivity contribution in [3.63, 3.8) is 0 Å². The molecule has 0 radical (unpaired) electrons. The van der Waals surface area contributed by atoms with Crippen molar-refractivity contribution in [1.82, 2.24) is 28.7 Å². The molecule has 10 rings (SSSR count). The average Bonchev–Trinajstić information content (AvgIpc) is 3.70. The van der Waals surface area contributed by atoms with Gasteiger partial charge in [-0.3, -0.25) is 8.80 Å². The van der Waals surface area contributed by atoms with E-state index in [1.165, 1.54) is 11.1 Å². The van der Waals surface area contributed by atoms with Crippen LogP contribution in [0.2, 0.25) is 0 Å². The summed E-state index contributed by atoms with van der Waals surface area (Å²) in [5.74, 6) is 0. The molecule has 0 unspecified atom stereocenters. The number of pyridine rings is 4. The maximum atomic E-state index is 5.26. The highest BCUT2D eigenvalue weighted by Crippen LogP contribution is 2.38. The standard InChI is InChI=1S/C40H26N6/c1-3-17-31-29(15-1)35(43-39-37(31)41-33-19-5-7-21-45(33)39)27-13-9-11-25(23-27)26-12-10-14-28(24-26)36-30-16-2-4-18-32(30)38-40(44-36)46-22-8-6-20-34(46)42-38/h1-9,11,13-24H,10,12H2. The second-order valence-corrected chi connectivity index (χ2v) is 11.9. The van der Waals surface area contributed by atoms with Gasteiger partial charge < -0.3 is 0 Å². The number of rotatable bonds is 3. The SMILES string of the molecule is C1=C(c2cccc(-c3nc4c(nc5ccccn54)c4ccccc34)c2)CCC=C1c1nc2c(nc3ccccn32)c2ccccc12. The van der Waals surface area contributed by atoms with Gasteiger partial charge in [-0.25, -0.2) is 19.9 Å². The van der Waals surface area contributed by atoms with Crippen LogP contribution in [0.1, 0.15) is 24.1 Å². The van der Waals surface area contributed by atoms with Crippen LogP contribution in [0.15, 0.2) is 134 Å². The van der Waals surface area contributed by atoms with Crippen LogP contribution in [-0.4, -0.2) is 28.7 Å². The lowest BCUT2D eigenvalue weighted by Gasteiger charge is -2.17. The van der Waals surface area contributed by atoms with Gasteiger partial charge in [-0.1, -0.05) is 84.9 Å². The summed E-state index contributed by atoms with van der Waals surface area (Å²) < 4.78 is 4.16. The highest BCUT2D eigenvalue weighted by Gasteiger charge is 2.19. The van der Waals surface area contributed by atoms with Crippen molar-refractivity contribution in [1.29, 1.82) is 0 Å². The summed E-state index contributed by atoms with van der Waals surface area (Å²) in [4.78, 5) is 20.4. The minimum atomic E-state index is 0.873. The lowest BCUT2D eigenvalue weighted by atomic mass is 9.90. The van der Waals surface area contributed by atoms with Crippen molar-refractivity contribution >= 4 is 66.3 Å². The molecule has 0 fully saturated rings. The highest BCUT2D eigenvalue weighted by atomic mass is 15.1. The first-order valence-corrected chi connectivity index (χ1v) is 15.6. The third-order valence-electron chi connectivity index (χ3n) is 9.21. The first kappa shape index (κ1) is 25.2. The summed E-state index contributed by atoms with van der Waals surface area (Å²) in [5.41, 5.74) is 12.1. The van der Waals surface area contributed by atoms with Crippen molar-refractivity contribution in [2.24, 2.45) is 0 Å².